The number of rotatable bonds is 5. The summed E-state index contributed by atoms with van der Waals surface area (Å²) in [7, 11) is 3.77. The molecule has 0 unspecified atom stereocenters. The lowest BCUT2D eigenvalue weighted by Crippen LogP contribution is -2.52. The Labute approximate surface area is 153 Å². The van der Waals surface area contributed by atoms with Gasteiger partial charge in [-0.3, -0.25) is 14.5 Å². The third-order valence-corrected chi connectivity index (χ3v) is 5.66. The second-order valence-electron chi connectivity index (χ2n) is 7.76. The van der Waals surface area contributed by atoms with Crippen molar-refractivity contribution in [2.24, 2.45) is 11.3 Å². The number of hydrogen-bond acceptors (Lipinski definition) is 4. The van der Waals surface area contributed by atoms with Crippen LogP contribution in [0.2, 0.25) is 0 Å². The fourth-order valence-corrected chi connectivity index (χ4v) is 4.25. The molecular formula is C19H26FN3O3. The van der Waals surface area contributed by atoms with Gasteiger partial charge in [-0.05, 0) is 50.7 Å². The second-order valence-corrected chi connectivity index (χ2v) is 7.76. The first-order valence-corrected chi connectivity index (χ1v) is 8.93. The summed E-state index contributed by atoms with van der Waals surface area (Å²) in [4.78, 5) is 30.3. The first-order chi connectivity index (χ1) is 12.3. The number of carbonyl (C=O) groups excluding carboxylic acids is 1. The van der Waals surface area contributed by atoms with Crippen LogP contribution < -0.4 is 0 Å². The molecular weight excluding hydrogens is 337 g/mol. The predicted molar refractivity (Wildman–Crippen MR) is 95.0 cm³/mol. The molecule has 1 aromatic rings. The highest BCUT2D eigenvalue weighted by molar-refractivity contribution is 5.82. The number of aliphatic carboxylic acids is 1. The number of carboxylic acids is 1. The number of hydrogen-bond donors (Lipinski definition) is 1. The molecule has 6 nitrogen and oxygen atoms in total. The number of amides is 1. The molecule has 0 aliphatic carbocycles. The SMILES string of the molecule is CN(CC(=O)N1C[C@@H]2CCN(C)C[C@]2(C(=O)O)C1)Cc1ccc(F)cc1. The Morgan fingerprint density at radius 3 is 2.65 bits per heavy atom. The van der Waals surface area contributed by atoms with E-state index in [9.17, 15) is 19.1 Å². The molecule has 0 spiro atoms. The standard InChI is InChI=1S/C19H26FN3O3/c1-21-8-7-15-10-23(13-19(15,12-21)18(25)26)17(24)11-22(2)9-14-3-5-16(20)6-4-14/h3-6,15H,7-13H2,1-2H3,(H,25,26)/t15-,19-/m0/s1. The molecule has 2 fully saturated rings. The van der Waals surface area contributed by atoms with Gasteiger partial charge in [0.05, 0.1) is 6.54 Å². The zero-order valence-electron chi connectivity index (χ0n) is 15.3. The molecule has 3 rings (SSSR count). The molecule has 0 radical (unpaired) electrons. The van der Waals surface area contributed by atoms with Gasteiger partial charge in [-0.1, -0.05) is 12.1 Å². The van der Waals surface area contributed by atoms with Crippen molar-refractivity contribution < 1.29 is 19.1 Å². The minimum Gasteiger partial charge on any atom is -0.481 e. The average molecular weight is 363 g/mol. The lowest BCUT2D eigenvalue weighted by atomic mass is 9.73. The summed E-state index contributed by atoms with van der Waals surface area (Å²) >= 11 is 0. The van der Waals surface area contributed by atoms with Crippen molar-refractivity contribution in [2.75, 3.05) is 46.8 Å². The smallest absolute Gasteiger partial charge is 0.313 e. The zero-order chi connectivity index (χ0) is 18.9. The fraction of sp³-hybridized carbons (Fsp3) is 0.579. The molecule has 2 saturated heterocycles. The highest BCUT2D eigenvalue weighted by atomic mass is 19.1. The summed E-state index contributed by atoms with van der Waals surface area (Å²) in [5.41, 5.74) is 0.0819. The number of carboxylic acid groups (broad SMARTS) is 1. The van der Waals surface area contributed by atoms with Gasteiger partial charge in [-0.25, -0.2) is 4.39 Å². The highest BCUT2D eigenvalue weighted by Gasteiger charge is 2.55. The monoisotopic (exact) mass is 363 g/mol. The van der Waals surface area contributed by atoms with Crippen LogP contribution in [0.25, 0.3) is 0 Å². The van der Waals surface area contributed by atoms with Crippen LogP contribution >= 0.6 is 0 Å². The molecule has 1 aromatic carbocycles. The largest absolute Gasteiger partial charge is 0.481 e. The average Bonchev–Trinajstić information content (AvgIpc) is 2.97. The first kappa shape index (κ1) is 18.8. The summed E-state index contributed by atoms with van der Waals surface area (Å²) in [6.45, 7) is 2.91. The van der Waals surface area contributed by atoms with Gasteiger partial charge in [0.2, 0.25) is 5.91 Å². The predicted octanol–water partition coefficient (Wildman–Crippen LogP) is 1.12. The van der Waals surface area contributed by atoms with E-state index >= 15 is 0 Å². The molecule has 1 N–H and O–H groups in total. The normalized spacial score (nSPS) is 26.2. The van der Waals surface area contributed by atoms with Gasteiger partial charge in [-0.2, -0.15) is 0 Å². The summed E-state index contributed by atoms with van der Waals surface area (Å²) < 4.78 is 13.0. The van der Waals surface area contributed by atoms with Crippen molar-refractivity contribution in [1.29, 1.82) is 0 Å². The summed E-state index contributed by atoms with van der Waals surface area (Å²) in [5, 5.41) is 9.81. The summed E-state index contributed by atoms with van der Waals surface area (Å²) in [6.07, 6.45) is 0.804. The Bertz CT molecular complexity index is 681. The van der Waals surface area contributed by atoms with Gasteiger partial charge in [0.25, 0.3) is 0 Å². The van der Waals surface area contributed by atoms with Gasteiger partial charge >= 0.3 is 5.97 Å². The number of halogens is 1. The van der Waals surface area contributed by atoms with E-state index in [1.165, 1.54) is 12.1 Å². The van der Waals surface area contributed by atoms with E-state index in [0.29, 0.717) is 19.6 Å². The van der Waals surface area contributed by atoms with Crippen molar-refractivity contribution in [3.05, 3.63) is 35.6 Å². The Balaban J connectivity index is 1.61. The Morgan fingerprint density at radius 2 is 2.00 bits per heavy atom. The quantitative estimate of drug-likeness (QED) is 0.850. The summed E-state index contributed by atoms with van der Waals surface area (Å²) in [6, 6.07) is 6.22. The van der Waals surface area contributed by atoms with Gasteiger partial charge in [0, 0.05) is 26.2 Å². The molecule has 2 aliphatic heterocycles. The number of benzene rings is 1. The van der Waals surface area contributed by atoms with Crippen LogP contribution in [-0.4, -0.2) is 78.5 Å². The van der Waals surface area contributed by atoms with Crippen molar-refractivity contribution in [2.45, 2.75) is 13.0 Å². The van der Waals surface area contributed by atoms with Crippen molar-refractivity contribution in [3.63, 3.8) is 0 Å². The highest BCUT2D eigenvalue weighted by Crippen LogP contribution is 2.42. The third-order valence-electron chi connectivity index (χ3n) is 5.66. The number of fused-ring (bicyclic) bond motifs is 1. The van der Waals surface area contributed by atoms with Gasteiger partial charge in [-0.15, -0.1) is 0 Å². The molecule has 0 bridgehead atoms. The Hall–Kier alpha value is -1.99. The number of piperidine rings is 1. The van der Waals surface area contributed by atoms with Crippen LogP contribution in [0.1, 0.15) is 12.0 Å². The zero-order valence-corrected chi connectivity index (χ0v) is 15.3. The second kappa shape index (κ2) is 7.32. The van der Waals surface area contributed by atoms with Gasteiger partial charge < -0.3 is 14.9 Å². The van der Waals surface area contributed by atoms with Crippen LogP contribution in [0.3, 0.4) is 0 Å². The topological polar surface area (TPSA) is 64.1 Å². The van der Waals surface area contributed by atoms with Crippen LogP contribution in [0, 0.1) is 17.2 Å². The van der Waals surface area contributed by atoms with E-state index in [-0.39, 0.29) is 30.7 Å². The number of nitrogens with zero attached hydrogens (tertiary/aromatic N) is 3. The maximum atomic E-state index is 13.0. The van der Waals surface area contributed by atoms with Crippen molar-refractivity contribution in [1.82, 2.24) is 14.7 Å². The van der Waals surface area contributed by atoms with E-state index in [2.05, 4.69) is 0 Å². The van der Waals surface area contributed by atoms with Gasteiger partial charge in [0.1, 0.15) is 11.2 Å². The lowest BCUT2D eigenvalue weighted by Gasteiger charge is -2.39. The van der Waals surface area contributed by atoms with E-state index in [0.717, 1.165) is 18.5 Å². The molecule has 0 saturated carbocycles. The third kappa shape index (κ3) is 3.73. The van der Waals surface area contributed by atoms with E-state index in [1.807, 2.05) is 23.9 Å². The number of likely N-dealkylation sites (N-methyl/N-ethyl adjacent to an activating group) is 1. The van der Waals surface area contributed by atoms with Crippen LogP contribution in [0.4, 0.5) is 4.39 Å². The molecule has 1 amide bonds. The first-order valence-electron chi connectivity index (χ1n) is 8.93. The van der Waals surface area contributed by atoms with E-state index < -0.39 is 11.4 Å². The molecule has 2 aliphatic rings. The Kier molecular flexibility index (Phi) is 5.29. The molecule has 0 aromatic heterocycles. The maximum Gasteiger partial charge on any atom is 0.313 e. The Morgan fingerprint density at radius 1 is 1.31 bits per heavy atom. The van der Waals surface area contributed by atoms with Gasteiger partial charge in [0.15, 0.2) is 0 Å². The minimum absolute atomic E-state index is 0.0163. The van der Waals surface area contributed by atoms with E-state index in [1.54, 1.807) is 17.0 Å². The van der Waals surface area contributed by atoms with Crippen molar-refractivity contribution in [3.8, 4) is 0 Å². The molecule has 26 heavy (non-hydrogen) atoms. The maximum absolute atomic E-state index is 13.0. The van der Waals surface area contributed by atoms with Crippen LogP contribution in [-0.2, 0) is 16.1 Å². The molecule has 2 atom stereocenters. The number of carbonyl (C=O) groups is 2. The van der Waals surface area contributed by atoms with Crippen molar-refractivity contribution >= 4 is 11.9 Å². The molecule has 7 heteroatoms. The number of likely N-dealkylation sites (tertiary alicyclic amines) is 2. The van der Waals surface area contributed by atoms with Crippen LogP contribution in [0.5, 0.6) is 0 Å². The fourth-order valence-electron chi connectivity index (χ4n) is 4.25. The van der Waals surface area contributed by atoms with E-state index in [4.69, 9.17) is 0 Å². The lowest BCUT2D eigenvalue weighted by molar-refractivity contribution is -0.154. The van der Waals surface area contributed by atoms with Crippen LogP contribution in [0.15, 0.2) is 24.3 Å². The molecule has 2 heterocycles. The molecule has 142 valence electrons. The minimum atomic E-state index is -0.849. The summed E-state index contributed by atoms with van der Waals surface area (Å²) in [5.74, 6) is -1.12.